The van der Waals surface area contributed by atoms with Crippen LogP contribution in [-0.4, -0.2) is 29.0 Å². The monoisotopic (exact) mass is 382 g/mol. The molecule has 5 rings (SSSR count). The molecule has 134 valence electrons. The molecule has 2 nitrogen and oxygen atoms in total. The van der Waals surface area contributed by atoms with Gasteiger partial charge in [-0.05, 0) is 68.5 Å². The number of para-hydroxylation sites is 1. The molecule has 2 aliphatic heterocycles. The Bertz CT molecular complexity index is 948. The molecule has 26 heavy (non-hydrogen) atoms. The molecule has 3 heterocycles. The van der Waals surface area contributed by atoms with Crippen LogP contribution in [0.5, 0.6) is 0 Å². The fraction of sp³-hybridized carbons (Fsp3) is 0.409. The van der Waals surface area contributed by atoms with Crippen LogP contribution in [0.15, 0.2) is 42.5 Å². The number of benzene rings is 2. The third-order valence-corrected chi connectivity index (χ3v) is 7.86. The molecule has 0 amide bonds. The Morgan fingerprint density at radius 3 is 2.69 bits per heavy atom. The second kappa shape index (κ2) is 6.33. The first kappa shape index (κ1) is 16.7. The molecule has 3 aromatic rings. The molecule has 1 aromatic heterocycles. The average Bonchev–Trinajstić information content (AvgIpc) is 3.15. The normalized spacial score (nSPS) is 28.7. The summed E-state index contributed by atoms with van der Waals surface area (Å²) in [6.45, 7) is 2.17. The lowest BCUT2D eigenvalue weighted by Crippen LogP contribution is -2.44. The number of aromatic nitrogens is 1. The minimum absolute atomic E-state index is 0.469. The zero-order chi connectivity index (χ0) is 17.8. The van der Waals surface area contributed by atoms with Crippen molar-refractivity contribution >= 4 is 33.2 Å². The van der Waals surface area contributed by atoms with E-state index >= 15 is 0 Å². The van der Waals surface area contributed by atoms with Crippen molar-refractivity contribution in [2.24, 2.45) is 0 Å². The van der Waals surface area contributed by atoms with Crippen LogP contribution in [0, 0.1) is 6.92 Å². The summed E-state index contributed by atoms with van der Waals surface area (Å²) in [5.41, 5.74) is 3.88. The van der Waals surface area contributed by atoms with E-state index in [9.17, 15) is 0 Å². The number of nitrogens with zero attached hydrogens (tertiary/aromatic N) is 2. The van der Waals surface area contributed by atoms with Gasteiger partial charge in [0.15, 0.2) is 0 Å². The quantitative estimate of drug-likeness (QED) is 0.541. The van der Waals surface area contributed by atoms with Crippen molar-refractivity contribution in [1.82, 2.24) is 9.88 Å². The molecule has 0 aliphatic carbocycles. The third kappa shape index (κ3) is 2.60. The lowest BCUT2D eigenvalue weighted by molar-refractivity contribution is 0.137. The summed E-state index contributed by atoms with van der Waals surface area (Å²) in [4.78, 5) is 7.77. The number of rotatable bonds is 2. The molecule has 0 N–H and O–H groups in total. The molecule has 0 spiro atoms. The van der Waals surface area contributed by atoms with Gasteiger partial charge in [-0.25, -0.2) is 4.98 Å². The topological polar surface area (TPSA) is 16.1 Å². The third-order valence-electron chi connectivity index (χ3n) is 6.49. The Hall–Kier alpha value is -1.42. The van der Waals surface area contributed by atoms with Crippen LogP contribution in [-0.2, 0) is 0 Å². The van der Waals surface area contributed by atoms with Crippen molar-refractivity contribution in [1.29, 1.82) is 0 Å². The summed E-state index contributed by atoms with van der Waals surface area (Å²) in [5, 5.41) is 2.13. The molecule has 2 bridgehead atoms. The fourth-order valence-corrected chi connectivity index (χ4v) is 6.50. The van der Waals surface area contributed by atoms with E-state index in [0.29, 0.717) is 23.9 Å². The van der Waals surface area contributed by atoms with E-state index in [1.165, 1.54) is 45.6 Å². The van der Waals surface area contributed by atoms with E-state index in [0.717, 1.165) is 5.02 Å². The van der Waals surface area contributed by atoms with Crippen LogP contribution in [0.2, 0.25) is 5.02 Å². The Kier molecular flexibility index (Phi) is 4.07. The van der Waals surface area contributed by atoms with Crippen LogP contribution in [0.1, 0.15) is 47.2 Å². The summed E-state index contributed by atoms with van der Waals surface area (Å²) >= 11 is 8.04. The van der Waals surface area contributed by atoms with Crippen LogP contribution < -0.4 is 0 Å². The highest BCUT2D eigenvalue weighted by molar-refractivity contribution is 7.18. The van der Waals surface area contributed by atoms with Gasteiger partial charge in [-0.2, -0.15) is 0 Å². The molecule has 4 atom stereocenters. The van der Waals surface area contributed by atoms with Crippen LogP contribution in [0.25, 0.3) is 10.2 Å². The number of likely N-dealkylation sites (N-methyl/N-ethyl adjacent to an activating group) is 1. The minimum atomic E-state index is 0.469. The molecule has 0 radical (unpaired) electrons. The standard InChI is InChI=1S/C22H23ClN2S/c1-13-4-3-5-19-21(13)24-22(26-19)20-17(14-6-8-15(23)9-7-14)12-16-10-11-18(20)25(16)2/h3-9,16-18,20H,10-12H2,1-2H3. The molecular weight excluding hydrogens is 360 g/mol. The zero-order valence-electron chi connectivity index (χ0n) is 15.2. The number of piperidine rings is 1. The molecule has 4 heteroatoms. The second-order valence-electron chi connectivity index (χ2n) is 7.86. The van der Waals surface area contributed by atoms with Crippen LogP contribution >= 0.6 is 22.9 Å². The number of hydrogen-bond donors (Lipinski definition) is 0. The van der Waals surface area contributed by atoms with E-state index in [1.807, 2.05) is 23.5 Å². The maximum atomic E-state index is 6.15. The zero-order valence-corrected chi connectivity index (χ0v) is 16.7. The lowest BCUT2D eigenvalue weighted by atomic mass is 9.76. The molecule has 2 aromatic carbocycles. The Morgan fingerprint density at radius 2 is 1.92 bits per heavy atom. The fourth-order valence-electron chi connectivity index (χ4n) is 5.10. The van der Waals surface area contributed by atoms with Crippen molar-refractivity contribution in [2.75, 3.05) is 7.05 Å². The molecule has 0 saturated carbocycles. The average molecular weight is 383 g/mol. The summed E-state index contributed by atoms with van der Waals surface area (Å²) in [6, 6.07) is 16.4. The van der Waals surface area contributed by atoms with Crippen molar-refractivity contribution in [3.63, 3.8) is 0 Å². The lowest BCUT2D eigenvalue weighted by Gasteiger charge is -2.42. The number of aryl methyl sites for hydroxylation is 1. The second-order valence-corrected chi connectivity index (χ2v) is 9.36. The van der Waals surface area contributed by atoms with Crippen LogP contribution in [0.3, 0.4) is 0 Å². The number of thiazole rings is 1. The maximum absolute atomic E-state index is 6.15. The van der Waals surface area contributed by atoms with E-state index in [2.05, 4.69) is 49.2 Å². The van der Waals surface area contributed by atoms with Gasteiger partial charge in [-0.1, -0.05) is 35.9 Å². The highest BCUT2D eigenvalue weighted by atomic mass is 35.5. The van der Waals surface area contributed by atoms with Crippen molar-refractivity contribution in [2.45, 2.75) is 50.1 Å². The molecule has 4 unspecified atom stereocenters. The van der Waals surface area contributed by atoms with Gasteiger partial charge < -0.3 is 0 Å². The molecule has 2 saturated heterocycles. The maximum Gasteiger partial charge on any atom is 0.0991 e. The Balaban J connectivity index is 1.63. The molecule has 2 fully saturated rings. The van der Waals surface area contributed by atoms with Crippen molar-refractivity contribution in [3.05, 3.63) is 63.6 Å². The predicted molar refractivity (Wildman–Crippen MR) is 110 cm³/mol. The van der Waals surface area contributed by atoms with Crippen molar-refractivity contribution in [3.8, 4) is 0 Å². The predicted octanol–water partition coefficient (Wildman–Crippen LogP) is 5.99. The first-order chi connectivity index (χ1) is 12.6. The van der Waals surface area contributed by atoms with Gasteiger partial charge in [0.2, 0.25) is 0 Å². The minimum Gasteiger partial charge on any atom is -0.300 e. The Labute approximate surface area is 163 Å². The van der Waals surface area contributed by atoms with Gasteiger partial charge in [0.1, 0.15) is 0 Å². The van der Waals surface area contributed by atoms with Gasteiger partial charge in [0.25, 0.3) is 0 Å². The van der Waals surface area contributed by atoms with E-state index in [4.69, 9.17) is 16.6 Å². The smallest absolute Gasteiger partial charge is 0.0991 e. The summed E-state index contributed by atoms with van der Waals surface area (Å²) in [6.07, 6.45) is 3.81. The van der Waals surface area contributed by atoms with Gasteiger partial charge >= 0.3 is 0 Å². The summed E-state index contributed by atoms with van der Waals surface area (Å²) in [5.74, 6) is 0.999. The summed E-state index contributed by atoms with van der Waals surface area (Å²) in [7, 11) is 2.31. The molecular formula is C22H23ClN2S. The van der Waals surface area contributed by atoms with E-state index < -0.39 is 0 Å². The van der Waals surface area contributed by atoms with Gasteiger partial charge in [0.05, 0.1) is 15.2 Å². The van der Waals surface area contributed by atoms with Gasteiger partial charge in [-0.15, -0.1) is 11.3 Å². The largest absolute Gasteiger partial charge is 0.300 e. The highest BCUT2D eigenvalue weighted by Crippen LogP contribution is 2.52. The van der Waals surface area contributed by atoms with Gasteiger partial charge in [0, 0.05) is 23.0 Å². The SMILES string of the molecule is Cc1cccc2sc(C3C(c4ccc(Cl)cc4)CC4CCC3N4C)nc12. The van der Waals surface area contributed by atoms with Crippen molar-refractivity contribution < 1.29 is 0 Å². The highest BCUT2D eigenvalue weighted by Gasteiger charge is 2.47. The van der Waals surface area contributed by atoms with E-state index in [-0.39, 0.29) is 0 Å². The first-order valence-electron chi connectivity index (χ1n) is 9.45. The molecule has 2 aliphatic rings. The summed E-state index contributed by atoms with van der Waals surface area (Å²) < 4.78 is 1.32. The number of halogens is 1. The van der Waals surface area contributed by atoms with Crippen LogP contribution in [0.4, 0.5) is 0 Å². The number of hydrogen-bond acceptors (Lipinski definition) is 3. The van der Waals surface area contributed by atoms with Gasteiger partial charge in [-0.3, -0.25) is 4.90 Å². The van der Waals surface area contributed by atoms with E-state index in [1.54, 1.807) is 0 Å². The number of fused-ring (bicyclic) bond motifs is 3. The Morgan fingerprint density at radius 1 is 1.12 bits per heavy atom. The first-order valence-corrected chi connectivity index (χ1v) is 10.6.